The van der Waals surface area contributed by atoms with Crippen LogP contribution in [0.3, 0.4) is 0 Å². The fraction of sp³-hybridized carbons (Fsp3) is 0.444. The average molecular weight is 240 g/mol. The lowest BCUT2D eigenvalue weighted by atomic mass is 10.1. The molecule has 0 saturated carbocycles. The predicted molar refractivity (Wildman–Crippen MR) is 54.8 cm³/mol. The van der Waals surface area contributed by atoms with Gasteiger partial charge in [0.2, 0.25) is 5.82 Å². The van der Waals surface area contributed by atoms with Crippen LogP contribution in [0.2, 0.25) is 0 Å². The third-order valence-electron chi connectivity index (χ3n) is 2.66. The zero-order valence-corrected chi connectivity index (χ0v) is 8.76. The van der Waals surface area contributed by atoms with Crippen LogP contribution in [0.25, 0.3) is 0 Å². The Labute approximate surface area is 96.0 Å². The summed E-state index contributed by atoms with van der Waals surface area (Å²) < 4.78 is 1.22. The number of aromatic nitrogens is 3. The Morgan fingerprint density at radius 3 is 2.71 bits per heavy atom. The van der Waals surface area contributed by atoms with Crippen LogP contribution in [0.1, 0.15) is 16.7 Å². The summed E-state index contributed by atoms with van der Waals surface area (Å²) in [5.74, 6) is -0.944. The number of hydrogen-bond donors (Lipinski definition) is 4. The lowest BCUT2D eigenvalue weighted by Gasteiger charge is -2.16. The minimum Gasteiger partial charge on any atom is -0.392 e. The summed E-state index contributed by atoms with van der Waals surface area (Å²) in [6.45, 7) is -0.355. The Bertz CT molecular complexity index is 469. The van der Waals surface area contributed by atoms with E-state index < -0.39 is 24.2 Å². The van der Waals surface area contributed by atoms with Crippen molar-refractivity contribution in [2.24, 2.45) is 5.73 Å². The quantitative estimate of drug-likeness (QED) is 0.434. The average Bonchev–Trinajstić information content (AvgIpc) is 2.87. The molecule has 0 spiro atoms. The van der Waals surface area contributed by atoms with Gasteiger partial charge in [0.15, 0.2) is 0 Å². The molecule has 8 nitrogen and oxygen atoms in total. The highest BCUT2D eigenvalue weighted by atomic mass is 16.3. The molecule has 0 fully saturated rings. The Morgan fingerprint density at radius 1 is 1.53 bits per heavy atom. The Morgan fingerprint density at radius 2 is 2.24 bits per heavy atom. The van der Waals surface area contributed by atoms with Crippen molar-refractivity contribution >= 4 is 5.91 Å². The predicted octanol–water partition coefficient (Wildman–Crippen LogP) is -2.43. The molecule has 1 aromatic heterocycles. The van der Waals surface area contributed by atoms with Crippen LogP contribution in [-0.4, -0.2) is 54.8 Å². The third-order valence-corrected chi connectivity index (χ3v) is 2.66. The van der Waals surface area contributed by atoms with Crippen molar-refractivity contribution in [1.82, 2.24) is 14.8 Å². The van der Waals surface area contributed by atoms with E-state index in [-0.39, 0.29) is 12.4 Å². The van der Waals surface area contributed by atoms with Crippen molar-refractivity contribution in [3.63, 3.8) is 0 Å². The maximum atomic E-state index is 10.8. The highest BCUT2D eigenvalue weighted by Crippen LogP contribution is 2.28. The molecule has 1 aliphatic carbocycles. The molecule has 0 radical (unpaired) electrons. The summed E-state index contributed by atoms with van der Waals surface area (Å²) in [5, 5.41) is 32.0. The Balaban J connectivity index is 2.28. The van der Waals surface area contributed by atoms with Crippen molar-refractivity contribution in [1.29, 1.82) is 0 Å². The van der Waals surface area contributed by atoms with Gasteiger partial charge in [-0.3, -0.25) is 4.79 Å². The molecule has 1 aliphatic rings. The number of rotatable bonds is 3. The molecule has 17 heavy (non-hydrogen) atoms. The van der Waals surface area contributed by atoms with Crippen LogP contribution in [-0.2, 0) is 0 Å². The number of hydrogen-bond acceptors (Lipinski definition) is 6. The third kappa shape index (κ3) is 1.93. The molecule has 0 aliphatic heterocycles. The zero-order valence-electron chi connectivity index (χ0n) is 8.76. The molecular formula is C9H12N4O4. The number of carbonyl (C=O) groups is 1. The maximum absolute atomic E-state index is 10.8. The van der Waals surface area contributed by atoms with Crippen molar-refractivity contribution in [2.75, 3.05) is 6.61 Å². The Kier molecular flexibility index (Phi) is 2.92. The van der Waals surface area contributed by atoms with E-state index in [0.717, 1.165) is 0 Å². The number of nitrogens with zero attached hydrogens (tertiary/aromatic N) is 3. The highest BCUT2D eigenvalue weighted by molar-refractivity contribution is 5.88. The number of carbonyl (C=O) groups excluding carboxylic acids is 1. The van der Waals surface area contributed by atoms with Gasteiger partial charge in [-0.15, -0.1) is 5.10 Å². The first-order valence-electron chi connectivity index (χ1n) is 4.93. The van der Waals surface area contributed by atoms with Crippen LogP contribution in [0, 0.1) is 0 Å². The van der Waals surface area contributed by atoms with Gasteiger partial charge in [-0.25, -0.2) is 9.67 Å². The molecule has 1 amide bonds. The van der Waals surface area contributed by atoms with Gasteiger partial charge in [-0.2, -0.15) is 0 Å². The molecule has 92 valence electrons. The highest BCUT2D eigenvalue weighted by Gasteiger charge is 2.36. The Hall–Kier alpha value is -1.77. The van der Waals surface area contributed by atoms with E-state index in [1.807, 2.05) is 0 Å². The first-order valence-corrected chi connectivity index (χ1v) is 4.93. The number of aliphatic hydroxyl groups excluding tert-OH is 3. The number of primary amides is 1. The first-order chi connectivity index (χ1) is 8.04. The van der Waals surface area contributed by atoms with Crippen LogP contribution >= 0.6 is 0 Å². The molecule has 1 aromatic rings. The van der Waals surface area contributed by atoms with Crippen molar-refractivity contribution in [3.05, 3.63) is 23.8 Å². The number of nitrogens with two attached hydrogens (primary N) is 1. The van der Waals surface area contributed by atoms with Gasteiger partial charge in [0.25, 0.3) is 5.91 Å². The van der Waals surface area contributed by atoms with Crippen LogP contribution in [0.15, 0.2) is 18.0 Å². The van der Waals surface area contributed by atoms with Crippen molar-refractivity contribution in [3.8, 4) is 0 Å². The van der Waals surface area contributed by atoms with Crippen LogP contribution in [0.5, 0.6) is 0 Å². The largest absolute Gasteiger partial charge is 0.392 e. The summed E-state index contributed by atoms with van der Waals surface area (Å²) in [6.07, 6.45) is 0.428. The van der Waals surface area contributed by atoms with Gasteiger partial charge in [-0.05, 0) is 5.57 Å². The molecule has 2 rings (SSSR count). The SMILES string of the molecule is NC(=O)c1ncn([C@@H]2C=C(CO)C(O)C2O)n1. The van der Waals surface area contributed by atoms with E-state index in [4.69, 9.17) is 10.8 Å². The van der Waals surface area contributed by atoms with E-state index in [2.05, 4.69) is 10.1 Å². The van der Waals surface area contributed by atoms with Crippen LogP contribution < -0.4 is 5.73 Å². The minimum absolute atomic E-state index is 0.169. The standard InChI is InChI=1S/C9H12N4O4/c10-8(17)9-11-3-13(12-9)5-1-4(2-14)6(15)7(5)16/h1,3,5-7,14-16H,2H2,(H2,10,17)/t5-,6?,7?/m1/s1. The minimum atomic E-state index is -1.15. The van der Waals surface area contributed by atoms with Crippen LogP contribution in [0.4, 0.5) is 0 Å². The molecule has 2 unspecified atom stereocenters. The van der Waals surface area contributed by atoms with E-state index in [0.29, 0.717) is 5.57 Å². The zero-order chi connectivity index (χ0) is 12.6. The van der Waals surface area contributed by atoms with E-state index in [1.165, 1.54) is 17.1 Å². The lowest BCUT2D eigenvalue weighted by Crippen LogP contribution is -2.30. The van der Waals surface area contributed by atoms with E-state index >= 15 is 0 Å². The topological polar surface area (TPSA) is 134 Å². The fourth-order valence-electron chi connectivity index (χ4n) is 1.73. The molecule has 1 heterocycles. The molecular weight excluding hydrogens is 228 g/mol. The second-order valence-electron chi connectivity index (χ2n) is 3.74. The normalized spacial score (nSPS) is 28.2. The molecule has 8 heteroatoms. The van der Waals surface area contributed by atoms with Gasteiger partial charge in [0.1, 0.15) is 24.6 Å². The van der Waals surface area contributed by atoms with Gasteiger partial charge in [0.05, 0.1) is 6.61 Å². The van der Waals surface area contributed by atoms with E-state index in [9.17, 15) is 15.0 Å². The summed E-state index contributed by atoms with van der Waals surface area (Å²) in [6, 6.07) is -0.673. The van der Waals surface area contributed by atoms with Crippen molar-refractivity contribution < 1.29 is 20.1 Å². The molecule has 5 N–H and O–H groups in total. The van der Waals surface area contributed by atoms with Gasteiger partial charge in [0, 0.05) is 0 Å². The summed E-state index contributed by atoms with van der Waals surface area (Å²) in [7, 11) is 0. The second kappa shape index (κ2) is 4.24. The monoisotopic (exact) mass is 240 g/mol. The van der Waals surface area contributed by atoms with Crippen molar-refractivity contribution in [2.45, 2.75) is 18.2 Å². The lowest BCUT2D eigenvalue weighted by molar-refractivity contribution is 0.0255. The summed E-state index contributed by atoms with van der Waals surface area (Å²) >= 11 is 0. The van der Waals surface area contributed by atoms with Gasteiger partial charge in [-0.1, -0.05) is 6.08 Å². The first kappa shape index (κ1) is 11.7. The van der Waals surface area contributed by atoms with Gasteiger partial charge < -0.3 is 21.1 Å². The summed E-state index contributed by atoms with van der Waals surface area (Å²) in [4.78, 5) is 14.5. The van der Waals surface area contributed by atoms with Gasteiger partial charge >= 0.3 is 0 Å². The number of aliphatic hydroxyl groups is 3. The number of amides is 1. The molecule has 0 aromatic carbocycles. The molecule has 0 bridgehead atoms. The fourth-order valence-corrected chi connectivity index (χ4v) is 1.73. The second-order valence-corrected chi connectivity index (χ2v) is 3.74. The van der Waals surface area contributed by atoms with E-state index in [1.54, 1.807) is 0 Å². The smallest absolute Gasteiger partial charge is 0.288 e. The maximum Gasteiger partial charge on any atom is 0.288 e. The molecule has 3 atom stereocenters. The molecule has 0 saturated heterocycles. The summed E-state index contributed by atoms with van der Waals surface area (Å²) in [5.41, 5.74) is 5.30.